The van der Waals surface area contributed by atoms with Crippen LogP contribution < -0.4 is 5.32 Å². The molecular weight excluding hydrogens is 422 g/mol. The van der Waals surface area contributed by atoms with Gasteiger partial charge in [-0.15, -0.1) is 5.10 Å². The number of nitrogens with one attached hydrogen (secondary N) is 1. The molecule has 178 valence electrons. The van der Waals surface area contributed by atoms with E-state index >= 15 is 0 Å². The SMILES string of the molecule is Cc1nn(-c2ccccc2)nc1C(=O)NC1CCC(Cc2ccccc2)(N2CCCCC2)CC1. The van der Waals surface area contributed by atoms with Gasteiger partial charge in [-0.05, 0) is 82.7 Å². The summed E-state index contributed by atoms with van der Waals surface area (Å²) in [5.41, 5.74) is 3.55. The van der Waals surface area contributed by atoms with E-state index in [-0.39, 0.29) is 17.5 Å². The van der Waals surface area contributed by atoms with Crippen molar-refractivity contribution in [3.63, 3.8) is 0 Å². The van der Waals surface area contributed by atoms with Crippen LogP contribution in [0, 0.1) is 6.92 Å². The fourth-order valence-electron chi connectivity index (χ4n) is 5.77. The average Bonchev–Trinajstić information content (AvgIpc) is 3.29. The van der Waals surface area contributed by atoms with Crippen molar-refractivity contribution in [3.05, 3.63) is 77.6 Å². The number of hydrogen-bond donors (Lipinski definition) is 1. The van der Waals surface area contributed by atoms with Gasteiger partial charge in [0.1, 0.15) is 0 Å². The smallest absolute Gasteiger partial charge is 0.273 e. The third-order valence-electron chi connectivity index (χ3n) is 7.64. The number of hydrogen-bond acceptors (Lipinski definition) is 4. The highest BCUT2D eigenvalue weighted by atomic mass is 16.2. The molecule has 1 aliphatic heterocycles. The molecule has 1 saturated carbocycles. The zero-order valence-electron chi connectivity index (χ0n) is 20.1. The van der Waals surface area contributed by atoms with Crippen molar-refractivity contribution in [2.75, 3.05) is 13.1 Å². The highest BCUT2D eigenvalue weighted by molar-refractivity contribution is 5.93. The van der Waals surface area contributed by atoms with E-state index in [1.807, 2.05) is 37.3 Å². The molecule has 6 nitrogen and oxygen atoms in total. The van der Waals surface area contributed by atoms with Crippen LogP contribution in [-0.4, -0.2) is 50.5 Å². The fraction of sp³-hybridized carbons (Fsp3) is 0.464. The molecule has 2 heterocycles. The second kappa shape index (κ2) is 10.1. The molecule has 1 saturated heterocycles. The number of nitrogens with zero attached hydrogens (tertiary/aromatic N) is 4. The maximum atomic E-state index is 13.1. The number of para-hydroxylation sites is 1. The quantitative estimate of drug-likeness (QED) is 0.582. The van der Waals surface area contributed by atoms with Gasteiger partial charge in [-0.2, -0.15) is 9.90 Å². The van der Waals surface area contributed by atoms with Crippen molar-refractivity contribution in [3.8, 4) is 5.69 Å². The molecule has 1 amide bonds. The minimum atomic E-state index is -0.113. The van der Waals surface area contributed by atoms with Crippen LogP contribution in [0.5, 0.6) is 0 Å². The first-order valence-electron chi connectivity index (χ1n) is 12.7. The molecule has 2 aliphatic rings. The second-order valence-corrected chi connectivity index (χ2v) is 9.94. The molecule has 1 N–H and O–H groups in total. The third kappa shape index (κ3) is 4.92. The Morgan fingerprint density at radius 1 is 0.941 bits per heavy atom. The standard InChI is InChI=1S/C28H35N5O/c1-22-26(31-33(30-22)25-13-7-3-8-14-25)27(34)29-24-15-17-28(18-16-24,32-19-9-4-10-20-32)21-23-11-5-2-6-12-23/h2-3,5-8,11-14,24H,4,9-10,15-21H2,1H3,(H,29,34). The summed E-state index contributed by atoms with van der Waals surface area (Å²) in [4.78, 5) is 17.4. The van der Waals surface area contributed by atoms with Gasteiger partial charge in [0.25, 0.3) is 5.91 Å². The van der Waals surface area contributed by atoms with Crippen LogP contribution in [0.3, 0.4) is 0 Å². The average molecular weight is 458 g/mol. The van der Waals surface area contributed by atoms with Gasteiger partial charge < -0.3 is 5.32 Å². The summed E-state index contributed by atoms with van der Waals surface area (Å²) >= 11 is 0. The van der Waals surface area contributed by atoms with E-state index in [4.69, 9.17) is 0 Å². The van der Waals surface area contributed by atoms with E-state index in [9.17, 15) is 4.79 Å². The van der Waals surface area contributed by atoms with Crippen LogP contribution in [-0.2, 0) is 6.42 Å². The first-order chi connectivity index (χ1) is 16.6. The summed E-state index contributed by atoms with van der Waals surface area (Å²) in [6.07, 6.45) is 9.27. The van der Waals surface area contributed by atoms with E-state index in [0.717, 1.165) is 37.8 Å². The number of amides is 1. The molecule has 1 aromatic heterocycles. The zero-order valence-corrected chi connectivity index (χ0v) is 20.1. The molecule has 0 unspecified atom stereocenters. The second-order valence-electron chi connectivity index (χ2n) is 9.94. The predicted octanol–water partition coefficient (Wildman–Crippen LogP) is 4.72. The molecule has 34 heavy (non-hydrogen) atoms. The Labute approximate surface area is 202 Å². The first-order valence-corrected chi connectivity index (χ1v) is 12.7. The maximum absolute atomic E-state index is 13.1. The number of rotatable bonds is 6. The molecule has 0 atom stereocenters. The lowest BCUT2D eigenvalue weighted by molar-refractivity contribution is 0.0259. The predicted molar refractivity (Wildman–Crippen MR) is 134 cm³/mol. The van der Waals surface area contributed by atoms with E-state index in [1.165, 1.54) is 37.9 Å². The molecule has 2 fully saturated rings. The van der Waals surface area contributed by atoms with Gasteiger partial charge in [-0.25, -0.2) is 0 Å². The lowest BCUT2D eigenvalue weighted by Crippen LogP contribution is -2.56. The molecule has 2 aromatic carbocycles. The van der Waals surface area contributed by atoms with Crippen LogP contribution in [0.2, 0.25) is 0 Å². The van der Waals surface area contributed by atoms with Crippen LogP contribution >= 0.6 is 0 Å². The zero-order chi connectivity index (χ0) is 23.4. The van der Waals surface area contributed by atoms with Gasteiger partial charge in [0.05, 0.1) is 11.4 Å². The highest BCUT2D eigenvalue weighted by Gasteiger charge is 2.41. The summed E-state index contributed by atoms with van der Waals surface area (Å²) in [5.74, 6) is -0.113. The summed E-state index contributed by atoms with van der Waals surface area (Å²) in [6.45, 7) is 4.25. The van der Waals surface area contributed by atoms with Gasteiger partial charge in [-0.1, -0.05) is 55.0 Å². The van der Waals surface area contributed by atoms with Gasteiger partial charge in [0, 0.05) is 11.6 Å². The Balaban J connectivity index is 1.26. The van der Waals surface area contributed by atoms with E-state index < -0.39 is 0 Å². The van der Waals surface area contributed by atoms with Crippen molar-refractivity contribution < 1.29 is 4.79 Å². The van der Waals surface area contributed by atoms with Gasteiger partial charge in [0.2, 0.25) is 0 Å². The fourth-order valence-corrected chi connectivity index (χ4v) is 5.77. The van der Waals surface area contributed by atoms with Crippen LogP contribution in [0.4, 0.5) is 0 Å². The molecule has 6 heteroatoms. The number of likely N-dealkylation sites (tertiary alicyclic amines) is 1. The van der Waals surface area contributed by atoms with Crippen LogP contribution in [0.15, 0.2) is 60.7 Å². The van der Waals surface area contributed by atoms with Crippen molar-refractivity contribution in [1.82, 2.24) is 25.2 Å². The van der Waals surface area contributed by atoms with E-state index in [2.05, 4.69) is 50.7 Å². The Morgan fingerprint density at radius 2 is 1.59 bits per heavy atom. The minimum Gasteiger partial charge on any atom is -0.348 e. The Kier molecular flexibility index (Phi) is 6.77. The number of carbonyl (C=O) groups is 1. The van der Waals surface area contributed by atoms with Gasteiger partial charge in [-0.3, -0.25) is 9.69 Å². The van der Waals surface area contributed by atoms with Crippen molar-refractivity contribution >= 4 is 5.91 Å². The van der Waals surface area contributed by atoms with Crippen molar-refractivity contribution in [2.24, 2.45) is 0 Å². The first kappa shape index (κ1) is 22.8. The van der Waals surface area contributed by atoms with Crippen LogP contribution in [0.1, 0.15) is 66.7 Å². The topological polar surface area (TPSA) is 63.1 Å². The molecule has 0 radical (unpaired) electrons. The Morgan fingerprint density at radius 3 is 2.26 bits per heavy atom. The van der Waals surface area contributed by atoms with Crippen molar-refractivity contribution in [2.45, 2.75) is 69.9 Å². The molecular formula is C28H35N5O. The number of aromatic nitrogens is 3. The Hall–Kier alpha value is -2.99. The number of piperidine rings is 1. The third-order valence-corrected chi connectivity index (χ3v) is 7.64. The number of benzene rings is 2. The lowest BCUT2D eigenvalue weighted by Gasteiger charge is -2.50. The summed E-state index contributed by atoms with van der Waals surface area (Å²) in [6, 6.07) is 20.8. The lowest BCUT2D eigenvalue weighted by atomic mass is 9.73. The van der Waals surface area contributed by atoms with Gasteiger partial charge >= 0.3 is 0 Å². The maximum Gasteiger partial charge on any atom is 0.273 e. The normalized spacial score (nSPS) is 23.5. The Bertz CT molecular complexity index is 1080. The van der Waals surface area contributed by atoms with Crippen LogP contribution in [0.25, 0.3) is 5.69 Å². The number of carbonyl (C=O) groups excluding carboxylic acids is 1. The van der Waals surface area contributed by atoms with E-state index in [0.29, 0.717) is 11.4 Å². The minimum absolute atomic E-state index is 0.113. The molecule has 0 bridgehead atoms. The van der Waals surface area contributed by atoms with E-state index in [1.54, 1.807) is 4.80 Å². The molecule has 0 spiro atoms. The van der Waals surface area contributed by atoms with Crippen molar-refractivity contribution in [1.29, 1.82) is 0 Å². The molecule has 5 rings (SSSR count). The summed E-state index contributed by atoms with van der Waals surface area (Å²) in [5, 5.41) is 12.2. The summed E-state index contributed by atoms with van der Waals surface area (Å²) < 4.78 is 0. The summed E-state index contributed by atoms with van der Waals surface area (Å²) in [7, 11) is 0. The highest BCUT2D eigenvalue weighted by Crippen LogP contribution is 2.38. The molecule has 1 aliphatic carbocycles. The monoisotopic (exact) mass is 457 g/mol. The molecule has 3 aromatic rings. The largest absolute Gasteiger partial charge is 0.348 e. The van der Waals surface area contributed by atoms with Gasteiger partial charge in [0.15, 0.2) is 5.69 Å². The number of aryl methyl sites for hydroxylation is 1.